The SMILES string of the molecule is CC1=CN(C)C(=O)C(N(C(=O)NCCC(=O)O)c2cccc(-c3c(F)cccc3F)c2)C1=O. The van der Waals surface area contributed by atoms with E-state index < -0.39 is 41.4 Å². The number of carbonyl (C=O) groups is 4. The maximum Gasteiger partial charge on any atom is 0.323 e. The van der Waals surface area contributed by atoms with E-state index in [9.17, 15) is 28.0 Å². The standard InChI is InChI=1S/C23H21F2N3O5/c1-13-12-27(2)22(32)20(21(13)31)28(23(33)26-10-9-18(29)30)15-6-3-5-14(11-15)19-16(24)7-4-8-17(19)25/h3-8,11-12,20H,9-10H2,1-2H3,(H,26,33)(H,29,30). The Kier molecular flexibility index (Phi) is 6.86. The fourth-order valence-electron chi connectivity index (χ4n) is 3.50. The van der Waals surface area contributed by atoms with Gasteiger partial charge in [-0.2, -0.15) is 0 Å². The molecule has 10 heteroatoms. The Morgan fingerprint density at radius 3 is 2.39 bits per heavy atom. The number of Topliss-reactive ketones (excluding diaryl/α,β-unsaturated/α-hetero) is 1. The van der Waals surface area contributed by atoms with Crippen LogP contribution < -0.4 is 10.2 Å². The summed E-state index contributed by atoms with van der Waals surface area (Å²) in [7, 11) is 1.43. The number of hydrogen-bond acceptors (Lipinski definition) is 4. The molecule has 3 amide bonds. The van der Waals surface area contributed by atoms with Crippen molar-refractivity contribution in [2.24, 2.45) is 0 Å². The lowest BCUT2D eigenvalue weighted by atomic mass is 9.98. The molecule has 2 N–H and O–H groups in total. The molecule has 0 spiro atoms. The second kappa shape index (κ2) is 9.60. The smallest absolute Gasteiger partial charge is 0.323 e. The number of carboxylic acids is 1. The van der Waals surface area contributed by atoms with E-state index in [4.69, 9.17) is 5.11 Å². The molecule has 3 rings (SSSR count). The fourth-order valence-corrected chi connectivity index (χ4v) is 3.50. The Morgan fingerprint density at radius 2 is 1.76 bits per heavy atom. The summed E-state index contributed by atoms with van der Waals surface area (Å²) in [5.74, 6) is -4.13. The molecule has 1 atom stereocenters. The van der Waals surface area contributed by atoms with E-state index in [0.29, 0.717) is 0 Å². The van der Waals surface area contributed by atoms with Gasteiger partial charge in [-0.15, -0.1) is 0 Å². The molecular formula is C23H21F2N3O5. The summed E-state index contributed by atoms with van der Waals surface area (Å²) in [6, 6.07) is 6.44. The van der Waals surface area contributed by atoms with Gasteiger partial charge in [0.2, 0.25) is 0 Å². The predicted octanol–water partition coefficient (Wildman–Crippen LogP) is 2.94. The number of urea groups is 1. The van der Waals surface area contributed by atoms with Crippen LogP contribution in [0.4, 0.5) is 19.3 Å². The second-order valence-corrected chi connectivity index (χ2v) is 7.42. The molecule has 0 bridgehead atoms. The van der Waals surface area contributed by atoms with E-state index in [-0.39, 0.29) is 35.4 Å². The second-order valence-electron chi connectivity index (χ2n) is 7.42. The fraction of sp³-hybridized carbons (Fsp3) is 0.217. The van der Waals surface area contributed by atoms with Crippen LogP contribution >= 0.6 is 0 Å². The quantitative estimate of drug-likeness (QED) is 0.649. The first-order valence-corrected chi connectivity index (χ1v) is 9.94. The highest BCUT2D eigenvalue weighted by molar-refractivity contribution is 6.21. The molecule has 0 aliphatic carbocycles. The van der Waals surface area contributed by atoms with Gasteiger partial charge in [0.1, 0.15) is 11.6 Å². The van der Waals surface area contributed by atoms with Crippen LogP contribution in [0.1, 0.15) is 13.3 Å². The zero-order chi connectivity index (χ0) is 24.3. The Hall–Kier alpha value is -4.08. The average molecular weight is 457 g/mol. The minimum absolute atomic E-state index is 0.0257. The van der Waals surface area contributed by atoms with Gasteiger partial charge < -0.3 is 15.3 Å². The summed E-state index contributed by atoms with van der Waals surface area (Å²) in [5.41, 5.74) is 0.00218. The highest BCUT2D eigenvalue weighted by Gasteiger charge is 2.41. The number of carbonyl (C=O) groups excluding carboxylic acids is 3. The average Bonchev–Trinajstić information content (AvgIpc) is 2.75. The normalized spacial score (nSPS) is 15.8. The highest BCUT2D eigenvalue weighted by Crippen LogP contribution is 2.31. The molecule has 1 unspecified atom stereocenters. The molecule has 2 aromatic carbocycles. The summed E-state index contributed by atoms with van der Waals surface area (Å²) < 4.78 is 28.7. The van der Waals surface area contributed by atoms with Gasteiger partial charge in [0.25, 0.3) is 5.91 Å². The third kappa shape index (κ3) is 4.89. The van der Waals surface area contributed by atoms with Crippen LogP contribution in [0, 0.1) is 11.6 Å². The van der Waals surface area contributed by atoms with Gasteiger partial charge in [0, 0.05) is 31.1 Å². The predicted molar refractivity (Wildman–Crippen MR) is 115 cm³/mol. The number of halogens is 2. The Morgan fingerprint density at radius 1 is 1.12 bits per heavy atom. The van der Waals surface area contributed by atoms with Crippen molar-refractivity contribution in [2.45, 2.75) is 19.4 Å². The first-order chi connectivity index (χ1) is 15.6. The number of rotatable bonds is 6. The molecule has 8 nitrogen and oxygen atoms in total. The van der Waals surface area contributed by atoms with Gasteiger partial charge in [-0.05, 0) is 36.8 Å². The van der Waals surface area contributed by atoms with Crippen LogP contribution in [-0.2, 0) is 14.4 Å². The summed E-state index contributed by atoms with van der Waals surface area (Å²) >= 11 is 0. The molecule has 172 valence electrons. The number of likely N-dealkylation sites (N-methyl/N-ethyl adjacent to an activating group) is 1. The molecule has 2 aromatic rings. The van der Waals surface area contributed by atoms with Crippen LogP contribution in [0.15, 0.2) is 54.2 Å². The van der Waals surface area contributed by atoms with E-state index in [1.807, 2.05) is 0 Å². The van der Waals surface area contributed by atoms with E-state index >= 15 is 0 Å². The zero-order valence-electron chi connectivity index (χ0n) is 17.8. The van der Waals surface area contributed by atoms with Crippen molar-refractivity contribution in [2.75, 3.05) is 18.5 Å². The molecule has 33 heavy (non-hydrogen) atoms. The number of ketones is 1. The topological polar surface area (TPSA) is 107 Å². The number of amides is 3. The first kappa shape index (κ1) is 23.6. The van der Waals surface area contributed by atoms with Gasteiger partial charge in [-0.1, -0.05) is 18.2 Å². The van der Waals surface area contributed by atoms with Crippen molar-refractivity contribution in [1.82, 2.24) is 10.2 Å². The Labute approximate surface area is 188 Å². The summed E-state index contributed by atoms with van der Waals surface area (Å²) in [5, 5.41) is 11.2. The van der Waals surface area contributed by atoms with E-state index in [1.165, 1.54) is 55.4 Å². The number of nitrogens with one attached hydrogen (secondary N) is 1. The van der Waals surface area contributed by atoms with E-state index in [1.54, 1.807) is 0 Å². The molecule has 0 saturated heterocycles. The maximum absolute atomic E-state index is 14.3. The number of benzene rings is 2. The Bertz CT molecular complexity index is 1140. The van der Waals surface area contributed by atoms with E-state index in [0.717, 1.165) is 17.0 Å². The molecule has 1 aliphatic heterocycles. The molecular weight excluding hydrogens is 436 g/mol. The molecule has 0 aromatic heterocycles. The van der Waals surface area contributed by atoms with E-state index in [2.05, 4.69) is 5.32 Å². The lowest BCUT2D eigenvalue weighted by Gasteiger charge is -2.34. The third-order valence-corrected chi connectivity index (χ3v) is 5.07. The van der Waals surface area contributed by atoms with Crippen molar-refractivity contribution in [3.8, 4) is 11.1 Å². The van der Waals surface area contributed by atoms with Crippen LogP contribution in [0.25, 0.3) is 11.1 Å². The minimum Gasteiger partial charge on any atom is -0.481 e. The molecule has 0 fully saturated rings. The van der Waals surface area contributed by atoms with Crippen molar-refractivity contribution < 1.29 is 33.1 Å². The molecule has 0 radical (unpaired) electrons. The monoisotopic (exact) mass is 457 g/mol. The first-order valence-electron chi connectivity index (χ1n) is 9.94. The lowest BCUT2D eigenvalue weighted by Crippen LogP contribution is -2.58. The van der Waals surface area contributed by atoms with Crippen molar-refractivity contribution in [1.29, 1.82) is 0 Å². The zero-order valence-corrected chi connectivity index (χ0v) is 17.8. The third-order valence-electron chi connectivity index (χ3n) is 5.07. The van der Waals surface area contributed by atoms with Gasteiger partial charge in [0.05, 0.1) is 12.0 Å². The summed E-state index contributed by atoms with van der Waals surface area (Å²) in [6.45, 7) is 1.23. The van der Waals surface area contributed by atoms with Gasteiger partial charge in [-0.25, -0.2) is 13.6 Å². The lowest BCUT2D eigenvalue weighted by molar-refractivity contribution is -0.137. The minimum atomic E-state index is -1.58. The van der Waals surface area contributed by atoms with Crippen LogP contribution in [-0.4, -0.2) is 53.3 Å². The van der Waals surface area contributed by atoms with Crippen LogP contribution in [0.2, 0.25) is 0 Å². The van der Waals surface area contributed by atoms with Gasteiger partial charge in [0.15, 0.2) is 11.8 Å². The van der Waals surface area contributed by atoms with Crippen LogP contribution in [0.3, 0.4) is 0 Å². The number of nitrogens with zero attached hydrogens (tertiary/aromatic N) is 2. The maximum atomic E-state index is 14.3. The molecule has 0 saturated carbocycles. The molecule has 1 heterocycles. The number of hydrogen-bond donors (Lipinski definition) is 2. The largest absolute Gasteiger partial charge is 0.481 e. The van der Waals surface area contributed by atoms with Crippen molar-refractivity contribution in [3.63, 3.8) is 0 Å². The number of aliphatic carboxylic acids is 1. The Balaban J connectivity index is 2.09. The number of anilines is 1. The van der Waals surface area contributed by atoms with Crippen LogP contribution in [0.5, 0.6) is 0 Å². The summed E-state index contributed by atoms with van der Waals surface area (Å²) in [6.07, 6.45) is 0.957. The van der Waals surface area contributed by atoms with Crippen molar-refractivity contribution in [3.05, 3.63) is 65.9 Å². The molecule has 1 aliphatic rings. The van der Waals surface area contributed by atoms with Gasteiger partial charge >= 0.3 is 12.0 Å². The highest BCUT2D eigenvalue weighted by atomic mass is 19.1. The summed E-state index contributed by atoms with van der Waals surface area (Å²) in [4.78, 5) is 51.7. The van der Waals surface area contributed by atoms with Gasteiger partial charge in [-0.3, -0.25) is 19.3 Å². The number of carboxylic acid groups (broad SMARTS) is 1. The van der Waals surface area contributed by atoms with Crippen molar-refractivity contribution >= 4 is 29.4 Å².